The molecule has 0 unspecified atom stereocenters. The van der Waals surface area contributed by atoms with Crippen LogP contribution in [0.1, 0.15) is 25.1 Å². The third-order valence-corrected chi connectivity index (χ3v) is 4.13. The number of fused-ring (bicyclic) bond motifs is 1. The third kappa shape index (κ3) is 3.93. The molecule has 0 saturated carbocycles. The van der Waals surface area contributed by atoms with Crippen LogP contribution < -0.4 is 10.2 Å². The fourth-order valence-electron chi connectivity index (χ4n) is 2.76. The van der Waals surface area contributed by atoms with Crippen LogP contribution in [-0.2, 0) is 12.7 Å². The Morgan fingerprint density at radius 3 is 2.52 bits per heavy atom. The Labute approximate surface area is 152 Å². The first-order valence-corrected chi connectivity index (χ1v) is 8.38. The topological polar surface area (TPSA) is 58.3 Å². The molecular formula is C17H18F4N6. The molecule has 0 aliphatic heterocycles. The lowest BCUT2D eigenvalue weighted by molar-refractivity contribution is -0.141. The van der Waals surface area contributed by atoms with Gasteiger partial charge in [0.25, 0.3) is 5.78 Å². The van der Waals surface area contributed by atoms with Gasteiger partial charge in [-0.05, 0) is 31.5 Å². The van der Waals surface area contributed by atoms with Crippen molar-refractivity contribution in [2.45, 2.75) is 26.6 Å². The molecule has 3 aromatic rings. The molecule has 0 bridgehead atoms. The van der Waals surface area contributed by atoms with E-state index in [4.69, 9.17) is 0 Å². The van der Waals surface area contributed by atoms with Crippen LogP contribution in [0, 0.1) is 5.82 Å². The maximum atomic E-state index is 14.4. The molecule has 0 fully saturated rings. The van der Waals surface area contributed by atoms with Crippen LogP contribution in [0.5, 0.6) is 0 Å². The Kier molecular flexibility index (Phi) is 5.15. The molecule has 0 aliphatic rings. The highest BCUT2D eigenvalue weighted by molar-refractivity contribution is 5.50. The van der Waals surface area contributed by atoms with E-state index in [9.17, 15) is 17.6 Å². The summed E-state index contributed by atoms with van der Waals surface area (Å²) in [5.74, 6) is -0.483. The molecule has 2 aromatic heterocycles. The Balaban J connectivity index is 1.85. The number of hydrogen-bond donors (Lipinski definition) is 1. The summed E-state index contributed by atoms with van der Waals surface area (Å²) in [4.78, 5) is 9.03. The number of anilines is 2. The molecule has 27 heavy (non-hydrogen) atoms. The largest absolute Gasteiger partial charge is 0.433 e. The minimum absolute atomic E-state index is 0.0676. The van der Waals surface area contributed by atoms with Gasteiger partial charge in [-0.2, -0.15) is 27.8 Å². The van der Waals surface area contributed by atoms with Gasteiger partial charge in [-0.25, -0.2) is 9.37 Å². The zero-order chi connectivity index (χ0) is 19.6. The molecule has 1 aromatic carbocycles. The highest BCUT2D eigenvalue weighted by Crippen LogP contribution is 2.29. The van der Waals surface area contributed by atoms with E-state index in [1.807, 2.05) is 18.7 Å². The van der Waals surface area contributed by atoms with Crippen molar-refractivity contribution < 1.29 is 17.6 Å². The zero-order valence-corrected chi connectivity index (χ0v) is 14.8. The molecule has 0 radical (unpaired) electrons. The molecule has 0 spiro atoms. The lowest BCUT2D eigenvalue weighted by Gasteiger charge is -2.22. The fourth-order valence-corrected chi connectivity index (χ4v) is 2.76. The summed E-state index contributed by atoms with van der Waals surface area (Å²) in [6.45, 7) is 5.33. The van der Waals surface area contributed by atoms with E-state index in [0.29, 0.717) is 24.3 Å². The number of nitrogens with one attached hydrogen (secondary N) is 1. The van der Waals surface area contributed by atoms with Gasteiger partial charge < -0.3 is 10.2 Å². The van der Waals surface area contributed by atoms with Crippen LogP contribution in [0.3, 0.4) is 0 Å². The Bertz CT molecular complexity index is 933. The smallest absolute Gasteiger partial charge is 0.370 e. The second-order valence-electron chi connectivity index (χ2n) is 5.81. The van der Waals surface area contributed by atoms with E-state index in [2.05, 4.69) is 20.4 Å². The van der Waals surface area contributed by atoms with E-state index in [-0.39, 0.29) is 24.0 Å². The van der Waals surface area contributed by atoms with Crippen molar-refractivity contribution >= 4 is 17.3 Å². The van der Waals surface area contributed by atoms with E-state index >= 15 is 0 Å². The lowest BCUT2D eigenvalue weighted by Crippen LogP contribution is -2.23. The van der Waals surface area contributed by atoms with E-state index < -0.39 is 11.9 Å². The van der Waals surface area contributed by atoms with Crippen LogP contribution in [0.25, 0.3) is 5.78 Å². The molecule has 144 valence electrons. The van der Waals surface area contributed by atoms with Gasteiger partial charge in [0, 0.05) is 25.7 Å². The summed E-state index contributed by atoms with van der Waals surface area (Å²) in [5.41, 5.74) is 0.00119. The fraction of sp³-hybridized carbons (Fsp3) is 0.353. The van der Waals surface area contributed by atoms with Gasteiger partial charge in [-0.15, -0.1) is 0 Å². The van der Waals surface area contributed by atoms with Crippen molar-refractivity contribution in [3.8, 4) is 0 Å². The number of benzene rings is 1. The van der Waals surface area contributed by atoms with Gasteiger partial charge in [0.2, 0.25) is 0 Å². The second-order valence-corrected chi connectivity index (χ2v) is 5.81. The number of rotatable bonds is 6. The predicted octanol–water partition coefficient (Wildman–Crippen LogP) is 3.74. The summed E-state index contributed by atoms with van der Waals surface area (Å²) < 4.78 is 54.5. The number of nitrogens with zero attached hydrogens (tertiary/aromatic N) is 5. The third-order valence-electron chi connectivity index (χ3n) is 4.13. The van der Waals surface area contributed by atoms with Gasteiger partial charge >= 0.3 is 6.18 Å². The van der Waals surface area contributed by atoms with Gasteiger partial charge in [0.05, 0.1) is 5.69 Å². The van der Waals surface area contributed by atoms with Crippen molar-refractivity contribution in [3.63, 3.8) is 0 Å². The first-order chi connectivity index (χ1) is 12.8. The summed E-state index contributed by atoms with van der Waals surface area (Å²) >= 11 is 0. The van der Waals surface area contributed by atoms with Crippen LogP contribution in [0.2, 0.25) is 0 Å². The van der Waals surface area contributed by atoms with Crippen LogP contribution in [0.15, 0.2) is 30.6 Å². The molecule has 0 amide bonds. The van der Waals surface area contributed by atoms with E-state index in [0.717, 1.165) is 16.9 Å². The molecule has 10 heteroatoms. The minimum atomic E-state index is -4.61. The Hall–Kier alpha value is -2.91. The average molecular weight is 382 g/mol. The zero-order valence-electron chi connectivity index (χ0n) is 14.8. The maximum absolute atomic E-state index is 14.4. The van der Waals surface area contributed by atoms with Crippen molar-refractivity contribution in [2.75, 3.05) is 23.3 Å². The Morgan fingerprint density at radius 2 is 1.89 bits per heavy atom. The molecule has 2 heterocycles. The van der Waals surface area contributed by atoms with E-state index in [1.54, 1.807) is 12.1 Å². The average Bonchev–Trinajstić information content (AvgIpc) is 3.10. The monoisotopic (exact) mass is 382 g/mol. The summed E-state index contributed by atoms with van der Waals surface area (Å²) in [5, 5.41) is 6.71. The van der Waals surface area contributed by atoms with Crippen molar-refractivity contribution in [1.82, 2.24) is 19.6 Å². The molecule has 6 nitrogen and oxygen atoms in total. The van der Waals surface area contributed by atoms with Crippen molar-refractivity contribution in [2.24, 2.45) is 0 Å². The Morgan fingerprint density at radius 1 is 1.15 bits per heavy atom. The highest BCUT2D eigenvalue weighted by atomic mass is 19.4. The minimum Gasteiger partial charge on any atom is -0.370 e. The summed E-state index contributed by atoms with van der Waals surface area (Å²) in [6, 6.07) is 5.61. The molecule has 0 aliphatic carbocycles. The maximum Gasteiger partial charge on any atom is 0.433 e. The summed E-state index contributed by atoms with van der Waals surface area (Å²) in [6.07, 6.45) is -3.49. The number of hydrogen-bond acceptors (Lipinski definition) is 5. The second kappa shape index (κ2) is 7.37. The normalized spacial score (nSPS) is 11.8. The van der Waals surface area contributed by atoms with Crippen molar-refractivity contribution in [3.05, 3.63) is 47.7 Å². The first-order valence-electron chi connectivity index (χ1n) is 8.38. The molecule has 0 saturated heterocycles. The van der Waals surface area contributed by atoms with Crippen molar-refractivity contribution in [1.29, 1.82) is 0 Å². The molecule has 3 rings (SSSR count). The molecule has 1 N–H and O–H groups in total. The van der Waals surface area contributed by atoms with Gasteiger partial charge in [0.1, 0.15) is 18.0 Å². The quantitative estimate of drug-likeness (QED) is 0.658. The first kappa shape index (κ1) is 18.9. The lowest BCUT2D eigenvalue weighted by atomic mass is 10.1. The molecule has 0 atom stereocenters. The van der Waals surface area contributed by atoms with Gasteiger partial charge in [-0.1, -0.05) is 6.07 Å². The highest BCUT2D eigenvalue weighted by Gasteiger charge is 2.34. The van der Waals surface area contributed by atoms with Gasteiger partial charge in [0.15, 0.2) is 5.69 Å². The molecular weight excluding hydrogens is 364 g/mol. The van der Waals surface area contributed by atoms with E-state index in [1.165, 1.54) is 6.07 Å². The predicted molar refractivity (Wildman–Crippen MR) is 93.1 cm³/mol. The van der Waals surface area contributed by atoms with Crippen LogP contribution in [0.4, 0.5) is 29.1 Å². The number of alkyl halides is 3. The standard InChI is InChI=1S/C17H18F4N6/c1-3-26(4-2)13-6-5-11(7-12(13)18)9-22-15-8-14(17(19,20)21)25-16-23-10-24-27(15)16/h5-8,10,22H,3-4,9H2,1-2H3. The van der Waals surface area contributed by atoms with Crippen LogP contribution in [-0.4, -0.2) is 32.7 Å². The number of aromatic nitrogens is 4. The van der Waals surface area contributed by atoms with Gasteiger partial charge in [-0.3, -0.25) is 0 Å². The number of halogens is 4. The summed E-state index contributed by atoms with van der Waals surface area (Å²) in [7, 11) is 0. The SMILES string of the molecule is CCN(CC)c1ccc(CNc2cc(C(F)(F)F)nc3ncnn23)cc1F. The van der Waals surface area contributed by atoms with Crippen LogP contribution >= 0.6 is 0 Å².